The first kappa shape index (κ1) is 16.0. The molecule has 0 rings (SSSR count). The van der Waals surface area contributed by atoms with Gasteiger partial charge in [0.15, 0.2) is 0 Å². The van der Waals surface area contributed by atoms with E-state index in [4.69, 9.17) is 9.84 Å². The van der Waals surface area contributed by atoms with Crippen LogP contribution in [0.4, 0.5) is 9.59 Å². The summed E-state index contributed by atoms with van der Waals surface area (Å²) in [6.45, 7) is 4.76. The van der Waals surface area contributed by atoms with Gasteiger partial charge in [0.1, 0.15) is 12.2 Å². The number of hydrogen-bond acceptors (Lipinski definition) is 5. The Bertz CT molecular complexity index is 310. The molecule has 8 heteroatoms. The number of nitrogens with one attached hydrogen (secondary N) is 2. The Balaban J connectivity index is 3.64. The van der Waals surface area contributed by atoms with Crippen LogP contribution in [0.2, 0.25) is 0 Å². The molecular formula is C10H18N2O6. The van der Waals surface area contributed by atoms with Crippen LogP contribution in [0.5, 0.6) is 0 Å². The average Bonchev–Trinajstić information content (AvgIpc) is 2.19. The summed E-state index contributed by atoms with van der Waals surface area (Å²) in [6.07, 6.45) is -2.10. The average molecular weight is 262 g/mol. The van der Waals surface area contributed by atoms with Gasteiger partial charge in [-0.2, -0.15) is 0 Å². The molecule has 0 fully saturated rings. The molecule has 0 aromatic heterocycles. The predicted octanol–water partition coefficient (Wildman–Crippen LogP) is 0.322. The van der Waals surface area contributed by atoms with E-state index < -0.39 is 23.8 Å². The van der Waals surface area contributed by atoms with Crippen molar-refractivity contribution in [2.75, 3.05) is 19.7 Å². The molecule has 104 valence electrons. The third kappa shape index (κ3) is 10.5. The molecule has 0 aliphatic carbocycles. The zero-order valence-electron chi connectivity index (χ0n) is 10.6. The van der Waals surface area contributed by atoms with Gasteiger partial charge in [0, 0.05) is 0 Å². The summed E-state index contributed by atoms with van der Waals surface area (Å²) in [6, 6.07) is 0. The van der Waals surface area contributed by atoms with Crippen LogP contribution in [0.1, 0.15) is 20.8 Å². The van der Waals surface area contributed by atoms with E-state index in [-0.39, 0.29) is 19.7 Å². The van der Waals surface area contributed by atoms with Gasteiger partial charge in [-0.3, -0.25) is 4.79 Å². The van der Waals surface area contributed by atoms with Crippen molar-refractivity contribution in [2.45, 2.75) is 26.4 Å². The fourth-order valence-electron chi connectivity index (χ4n) is 0.858. The molecule has 0 aliphatic heterocycles. The molecule has 0 radical (unpaired) electrons. The summed E-state index contributed by atoms with van der Waals surface area (Å²) in [5.74, 6) is -0.463. The Hall–Kier alpha value is -1.99. The highest BCUT2D eigenvalue weighted by molar-refractivity contribution is 5.82. The second-order valence-corrected chi connectivity index (χ2v) is 4.32. The lowest BCUT2D eigenvalue weighted by molar-refractivity contribution is -0.120. The molecule has 0 unspecified atom stereocenters. The number of rotatable bonds is 5. The molecule has 3 N–H and O–H groups in total. The largest absolute Gasteiger partial charge is 0.505 e. The number of alkyl carbamates (subject to hydrolysis) is 1. The first-order chi connectivity index (χ1) is 8.20. The van der Waals surface area contributed by atoms with Gasteiger partial charge in [-0.25, -0.2) is 9.59 Å². The van der Waals surface area contributed by atoms with E-state index in [0.717, 1.165) is 0 Å². The maximum absolute atomic E-state index is 11.2. The molecule has 0 aromatic carbocycles. The molecule has 0 spiro atoms. The van der Waals surface area contributed by atoms with Crippen LogP contribution in [-0.4, -0.2) is 48.6 Å². The van der Waals surface area contributed by atoms with Gasteiger partial charge >= 0.3 is 12.2 Å². The van der Waals surface area contributed by atoms with Gasteiger partial charge < -0.3 is 25.2 Å². The lowest BCUT2D eigenvalue weighted by Crippen LogP contribution is -2.40. The zero-order chi connectivity index (χ0) is 14.2. The van der Waals surface area contributed by atoms with Crippen molar-refractivity contribution in [3.05, 3.63) is 0 Å². The van der Waals surface area contributed by atoms with Crippen molar-refractivity contribution in [3.8, 4) is 0 Å². The highest BCUT2D eigenvalue weighted by Crippen LogP contribution is 2.05. The van der Waals surface area contributed by atoms with E-state index in [1.807, 2.05) is 0 Å². The highest BCUT2D eigenvalue weighted by Gasteiger charge is 2.16. The lowest BCUT2D eigenvalue weighted by Gasteiger charge is -2.19. The number of hydrogen-bond donors (Lipinski definition) is 3. The van der Waals surface area contributed by atoms with Gasteiger partial charge in [0.05, 0.1) is 13.1 Å². The summed E-state index contributed by atoms with van der Waals surface area (Å²) in [7, 11) is 0. The molecule has 0 heterocycles. The molecule has 0 saturated heterocycles. The van der Waals surface area contributed by atoms with E-state index in [1.54, 1.807) is 20.8 Å². The molecule has 0 atom stereocenters. The van der Waals surface area contributed by atoms with Gasteiger partial charge in [-0.1, -0.05) is 0 Å². The monoisotopic (exact) mass is 262 g/mol. The maximum Gasteiger partial charge on any atom is 0.505 e. The minimum Gasteiger partial charge on any atom is -0.450 e. The van der Waals surface area contributed by atoms with Gasteiger partial charge in [-0.05, 0) is 20.8 Å². The second-order valence-electron chi connectivity index (χ2n) is 4.32. The van der Waals surface area contributed by atoms with Crippen molar-refractivity contribution in [3.63, 3.8) is 0 Å². The van der Waals surface area contributed by atoms with Crippen LogP contribution >= 0.6 is 0 Å². The van der Waals surface area contributed by atoms with Gasteiger partial charge in [0.25, 0.3) is 0 Å². The van der Waals surface area contributed by atoms with Crippen molar-refractivity contribution in [1.82, 2.24) is 10.6 Å². The predicted molar refractivity (Wildman–Crippen MR) is 61.2 cm³/mol. The van der Waals surface area contributed by atoms with Crippen molar-refractivity contribution >= 4 is 18.2 Å². The SMILES string of the molecule is CC(C)(C)OC(=O)NCC(=O)NCCOC(=O)O. The van der Waals surface area contributed by atoms with E-state index in [0.29, 0.717) is 0 Å². The molecule has 2 amide bonds. The summed E-state index contributed by atoms with van der Waals surface area (Å²) in [4.78, 5) is 32.3. The third-order valence-corrected chi connectivity index (χ3v) is 1.44. The first-order valence-electron chi connectivity index (χ1n) is 5.30. The lowest BCUT2D eigenvalue weighted by atomic mass is 10.2. The highest BCUT2D eigenvalue weighted by atomic mass is 16.7. The number of amides is 2. The molecule has 0 aromatic rings. The van der Waals surface area contributed by atoms with Gasteiger partial charge in [0.2, 0.25) is 5.91 Å². The summed E-state index contributed by atoms with van der Waals surface area (Å²) in [5.41, 5.74) is -0.629. The Morgan fingerprint density at radius 2 is 1.78 bits per heavy atom. The standard InChI is InChI=1S/C10H18N2O6/c1-10(2,3)18-8(14)12-6-7(13)11-4-5-17-9(15)16/h4-6H2,1-3H3,(H,11,13)(H,12,14)(H,15,16). The van der Waals surface area contributed by atoms with E-state index in [1.165, 1.54) is 0 Å². The minimum atomic E-state index is -1.41. The van der Waals surface area contributed by atoms with Crippen LogP contribution in [0.3, 0.4) is 0 Å². The van der Waals surface area contributed by atoms with Crippen molar-refractivity contribution in [2.24, 2.45) is 0 Å². The molecule has 0 saturated carbocycles. The Morgan fingerprint density at radius 3 is 2.28 bits per heavy atom. The number of carbonyl (C=O) groups is 3. The number of carbonyl (C=O) groups excluding carboxylic acids is 2. The maximum atomic E-state index is 11.2. The Morgan fingerprint density at radius 1 is 1.17 bits per heavy atom. The van der Waals surface area contributed by atoms with Crippen molar-refractivity contribution < 1.29 is 29.0 Å². The van der Waals surface area contributed by atoms with Crippen LogP contribution in [0, 0.1) is 0 Å². The fraction of sp³-hybridized carbons (Fsp3) is 0.700. The summed E-state index contributed by atoms with van der Waals surface area (Å²) in [5, 5.41) is 12.8. The topological polar surface area (TPSA) is 114 Å². The summed E-state index contributed by atoms with van der Waals surface area (Å²) >= 11 is 0. The molecular weight excluding hydrogens is 244 g/mol. The quantitative estimate of drug-likeness (QED) is 0.485. The van der Waals surface area contributed by atoms with E-state index in [2.05, 4.69) is 15.4 Å². The van der Waals surface area contributed by atoms with Crippen LogP contribution in [0.25, 0.3) is 0 Å². The Labute approximate surface area is 105 Å². The normalized spacial score (nSPS) is 10.4. The van der Waals surface area contributed by atoms with E-state index >= 15 is 0 Å². The summed E-state index contributed by atoms with van der Waals surface area (Å²) < 4.78 is 9.09. The molecule has 18 heavy (non-hydrogen) atoms. The van der Waals surface area contributed by atoms with Crippen LogP contribution in [-0.2, 0) is 14.3 Å². The van der Waals surface area contributed by atoms with Gasteiger partial charge in [-0.15, -0.1) is 0 Å². The fourth-order valence-corrected chi connectivity index (χ4v) is 0.858. The second kappa shape index (κ2) is 7.36. The minimum absolute atomic E-state index is 0.0428. The molecule has 0 bridgehead atoms. The van der Waals surface area contributed by atoms with E-state index in [9.17, 15) is 14.4 Å². The first-order valence-corrected chi connectivity index (χ1v) is 5.30. The van der Waals surface area contributed by atoms with Crippen molar-refractivity contribution in [1.29, 1.82) is 0 Å². The number of carboxylic acid groups (broad SMARTS) is 1. The Kier molecular flexibility index (Phi) is 6.54. The third-order valence-electron chi connectivity index (χ3n) is 1.44. The van der Waals surface area contributed by atoms with Crippen LogP contribution in [0.15, 0.2) is 0 Å². The zero-order valence-corrected chi connectivity index (χ0v) is 10.6. The molecule has 8 nitrogen and oxygen atoms in total. The molecule has 0 aliphatic rings. The smallest absolute Gasteiger partial charge is 0.450 e. The number of ether oxygens (including phenoxy) is 2. The van der Waals surface area contributed by atoms with Crippen LogP contribution < -0.4 is 10.6 Å².